The molecule has 0 aliphatic rings. The highest BCUT2D eigenvalue weighted by molar-refractivity contribution is 5.95. The van der Waals surface area contributed by atoms with Gasteiger partial charge in [-0.15, -0.1) is 0 Å². The number of hydrogen-bond donors (Lipinski definition) is 1. The van der Waals surface area contributed by atoms with Crippen LogP contribution in [0.1, 0.15) is 42.5 Å². The van der Waals surface area contributed by atoms with E-state index >= 15 is 0 Å². The molecule has 0 saturated carbocycles. The summed E-state index contributed by atoms with van der Waals surface area (Å²) < 4.78 is 0. The Hall–Kier alpha value is -3.65. The molecule has 172 valence electrons. The standard InChI is InChI=1S/C32H34N2/c1-3-31(29-20-12-6-13-21-29,24-27-16-8-4-9-17-27)32(26(2)34-33,30-22-14-7-15-23-30)25-28-18-10-5-11-19-28/h4-23H,3,24-25,33H2,1-2H3. The average molecular weight is 447 g/mol. The van der Waals surface area contributed by atoms with Crippen LogP contribution in [0.2, 0.25) is 0 Å². The number of rotatable bonds is 9. The van der Waals surface area contributed by atoms with Crippen LogP contribution < -0.4 is 5.84 Å². The van der Waals surface area contributed by atoms with Crippen LogP contribution in [-0.2, 0) is 23.7 Å². The van der Waals surface area contributed by atoms with Gasteiger partial charge < -0.3 is 5.84 Å². The molecule has 0 spiro atoms. The van der Waals surface area contributed by atoms with Gasteiger partial charge in [0.1, 0.15) is 0 Å². The van der Waals surface area contributed by atoms with Crippen LogP contribution in [0, 0.1) is 0 Å². The summed E-state index contributed by atoms with van der Waals surface area (Å²) in [5.74, 6) is 6.16. The molecule has 0 radical (unpaired) electrons. The molecule has 0 heterocycles. The molecular formula is C32H34N2. The zero-order valence-electron chi connectivity index (χ0n) is 20.2. The van der Waals surface area contributed by atoms with Gasteiger partial charge in [0, 0.05) is 16.5 Å². The van der Waals surface area contributed by atoms with E-state index in [1.54, 1.807) is 0 Å². The quantitative estimate of drug-likeness (QED) is 0.166. The zero-order valence-corrected chi connectivity index (χ0v) is 20.2. The summed E-state index contributed by atoms with van der Waals surface area (Å²) >= 11 is 0. The number of nitrogens with zero attached hydrogens (tertiary/aromatic N) is 1. The molecule has 2 unspecified atom stereocenters. The second-order valence-electron chi connectivity index (χ2n) is 9.11. The summed E-state index contributed by atoms with van der Waals surface area (Å²) in [6, 6.07) is 43.4. The fourth-order valence-electron chi connectivity index (χ4n) is 5.80. The molecule has 2 nitrogen and oxygen atoms in total. The van der Waals surface area contributed by atoms with Crippen molar-refractivity contribution in [2.75, 3.05) is 0 Å². The molecule has 4 aromatic rings. The molecule has 0 saturated heterocycles. The Labute approximate surface area is 204 Å². The molecule has 4 rings (SSSR count). The summed E-state index contributed by atoms with van der Waals surface area (Å²) in [6.45, 7) is 4.41. The summed E-state index contributed by atoms with van der Waals surface area (Å²) in [6.07, 6.45) is 2.61. The fourth-order valence-corrected chi connectivity index (χ4v) is 5.80. The van der Waals surface area contributed by atoms with Crippen molar-refractivity contribution in [1.29, 1.82) is 0 Å². The third-order valence-corrected chi connectivity index (χ3v) is 7.49. The van der Waals surface area contributed by atoms with E-state index in [4.69, 9.17) is 5.84 Å². The number of hydrogen-bond acceptors (Lipinski definition) is 2. The van der Waals surface area contributed by atoms with Crippen LogP contribution in [-0.4, -0.2) is 5.71 Å². The molecule has 0 aliphatic carbocycles. The van der Waals surface area contributed by atoms with Gasteiger partial charge in [0.15, 0.2) is 0 Å². The van der Waals surface area contributed by atoms with E-state index in [2.05, 4.69) is 140 Å². The molecule has 34 heavy (non-hydrogen) atoms. The lowest BCUT2D eigenvalue weighted by molar-refractivity contribution is 0.265. The fraction of sp³-hybridized carbons (Fsp3) is 0.219. The van der Waals surface area contributed by atoms with Gasteiger partial charge in [0.05, 0.1) is 0 Å². The van der Waals surface area contributed by atoms with Gasteiger partial charge >= 0.3 is 0 Å². The highest BCUT2D eigenvalue weighted by Crippen LogP contribution is 2.52. The minimum Gasteiger partial charge on any atom is -0.323 e. The zero-order chi connectivity index (χ0) is 23.9. The molecule has 0 fully saturated rings. The maximum Gasteiger partial charge on any atom is 0.0490 e. The van der Waals surface area contributed by atoms with E-state index in [0.717, 1.165) is 25.0 Å². The highest BCUT2D eigenvalue weighted by Gasteiger charge is 2.54. The number of hydrazone groups is 1. The van der Waals surface area contributed by atoms with Crippen molar-refractivity contribution in [1.82, 2.24) is 0 Å². The summed E-state index contributed by atoms with van der Waals surface area (Å²) in [7, 11) is 0. The van der Waals surface area contributed by atoms with Crippen LogP contribution >= 0.6 is 0 Å². The van der Waals surface area contributed by atoms with Crippen molar-refractivity contribution in [2.24, 2.45) is 10.9 Å². The van der Waals surface area contributed by atoms with E-state index in [0.29, 0.717) is 0 Å². The second kappa shape index (κ2) is 10.5. The lowest BCUT2D eigenvalue weighted by Crippen LogP contribution is -2.56. The van der Waals surface area contributed by atoms with Gasteiger partial charge in [-0.05, 0) is 48.4 Å². The largest absolute Gasteiger partial charge is 0.323 e. The predicted octanol–water partition coefficient (Wildman–Crippen LogP) is 7.09. The molecular weight excluding hydrogens is 412 g/mol. The molecule has 0 aromatic heterocycles. The first-order valence-corrected chi connectivity index (χ1v) is 12.1. The minimum atomic E-state index is -0.448. The van der Waals surface area contributed by atoms with Crippen LogP contribution in [0.3, 0.4) is 0 Å². The van der Waals surface area contributed by atoms with Gasteiger partial charge in [-0.25, -0.2) is 0 Å². The van der Waals surface area contributed by atoms with E-state index in [1.165, 1.54) is 22.3 Å². The Morgan fingerprint density at radius 3 is 1.47 bits per heavy atom. The highest BCUT2D eigenvalue weighted by atomic mass is 15.1. The van der Waals surface area contributed by atoms with Crippen molar-refractivity contribution in [3.05, 3.63) is 144 Å². The summed E-state index contributed by atoms with van der Waals surface area (Å²) in [5.41, 5.74) is 5.36. The third-order valence-electron chi connectivity index (χ3n) is 7.49. The van der Waals surface area contributed by atoms with Gasteiger partial charge in [-0.2, -0.15) is 5.10 Å². The van der Waals surface area contributed by atoms with Gasteiger partial charge in [-0.1, -0.05) is 128 Å². The summed E-state index contributed by atoms with van der Waals surface area (Å²) in [4.78, 5) is 0. The van der Waals surface area contributed by atoms with Crippen molar-refractivity contribution in [3.8, 4) is 0 Å². The van der Waals surface area contributed by atoms with Crippen molar-refractivity contribution in [2.45, 2.75) is 43.9 Å². The first-order valence-electron chi connectivity index (χ1n) is 12.1. The number of nitrogens with two attached hydrogens (primary N) is 1. The Kier molecular flexibility index (Phi) is 7.27. The molecule has 4 aromatic carbocycles. The van der Waals surface area contributed by atoms with Crippen LogP contribution in [0.5, 0.6) is 0 Å². The number of benzene rings is 4. The van der Waals surface area contributed by atoms with E-state index in [9.17, 15) is 0 Å². The van der Waals surface area contributed by atoms with Crippen LogP contribution in [0.25, 0.3) is 0 Å². The van der Waals surface area contributed by atoms with Crippen molar-refractivity contribution < 1.29 is 0 Å². The van der Waals surface area contributed by atoms with E-state index in [1.807, 2.05) is 0 Å². The molecule has 0 amide bonds. The average Bonchev–Trinajstić information content (AvgIpc) is 2.92. The topological polar surface area (TPSA) is 38.4 Å². The predicted molar refractivity (Wildman–Crippen MR) is 144 cm³/mol. The van der Waals surface area contributed by atoms with Gasteiger partial charge in [0.25, 0.3) is 0 Å². The maximum absolute atomic E-state index is 6.16. The normalized spacial score (nSPS) is 15.3. The Balaban J connectivity index is 2.09. The molecule has 0 bridgehead atoms. The first-order chi connectivity index (χ1) is 16.7. The van der Waals surface area contributed by atoms with E-state index in [-0.39, 0.29) is 5.41 Å². The monoisotopic (exact) mass is 446 g/mol. The smallest absolute Gasteiger partial charge is 0.0490 e. The molecule has 2 atom stereocenters. The van der Waals surface area contributed by atoms with Crippen LogP contribution in [0.4, 0.5) is 0 Å². The van der Waals surface area contributed by atoms with Crippen LogP contribution in [0.15, 0.2) is 126 Å². The second-order valence-corrected chi connectivity index (χ2v) is 9.11. The lowest BCUT2D eigenvalue weighted by Gasteiger charge is -2.52. The first kappa shape index (κ1) is 23.5. The lowest BCUT2D eigenvalue weighted by atomic mass is 9.50. The third kappa shape index (κ3) is 4.28. The van der Waals surface area contributed by atoms with Gasteiger partial charge in [0.2, 0.25) is 0 Å². The molecule has 2 heteroatoms. The van der Waals surface area contributed by atoms with Gasteiger partial charge in [-0.3, -0.25) is 0 Å². The van der Waals surface area contributed by atoms with Crippen molar-refractivity contribution >= 4 is 5.71 Å². The Bertz CT molecular complexity index is 1190. The van der Waals surface area contributed by atoms with E-state index < -0.39 is 5.41 Å². The minimum absolute atomic E-state index is 0.278. The molecule has 0 aliphatic heterocycles. The Morgan fingerprint density at radius 1 is 0.618 bits per heavy atom. The summed E-state index contributed by atoms with van der Waals surface area (Å²) in [5, 5.41) is 4.43. The maximum atomic E-state index is 6.16. The van der Waals surface area contributed by atoms with Crippen molar-refractivity contribution in [3.63, 3.8) is 0 Å². The SMILES string of the molecule is CCC(Cc1ccccc1)(c1ccccc1)C(Cc1ccccc1)(C(C)=NN)c1ccccc1. The Morgan fingerprint density at radius 2 is 1.03 bits per heavy atom. The molecule has 2 N–H and O–H groups in total.